The minimum Gasteiger partial charge on any atom is -0.368 e. The maximum Gasteiger partial charge on any atom is 0.191 e. The predicted molar refractivity (Wildman–Crippen MR) is 147 cm³/mol. The Morgan fingerprint density at radius 2 is 1.03 bits per heavy atom. The molecule has 1 aliphatic rings. The van der Waals surface area contributed by atoms with E-state index < -0.39 is 24.8 Å². The lowest BCUT2D eigenvalue weighted by Gasteiger charge is -2.45. The summed E-state index contributed by atoms with van der Waals surface area (Å²) >= 11 is 5.64. The van der Waals surface area contributed by atoms with Crippen molar-refractivity contribution in [3.8, 4) is 0 Å². The van der Waals surface area contributed by atoms with Gasteiger partial charge in [0.2, 0.25) is 0 Å². The van der Waals surface area contributed by atoms with Crippen LogP contribution in [0.4, 0.5) is 0 Å². The molecular formula is C29H35O5PS. The van der Waals surface area contributed by atoms with Crippen molar-refractivity contribution in [2.75, 3.05) is 13.3 Å². The van der Waals surface area contributed by atoms with Crippen molar-refractivity contribution in [3.05, 3.63) is 108 Å². The minimum absolute atomic E-state index is 0.280. The van der Waals surface area contributed by atoms with Crippen LogP contribution in [0.2, 0.25) is 0 Å². The Morgan fingerprint density at radius 1 is 0.639 bits per heavy atom. The molecule has 3 aromatic rings. The van der Waals surface area contributed by atoms with E-state index in [1.54, 1.807) is 0 Å². The second-order valence-corrected chi connectivity index (χ2v) is 14.7. The summed E-state index contributed by atoms with van der Waals surface area (Å²) in [5.41, 5.74) is 3.23. The Bertz CT molecular complexity index is 1090. The Hall–Kier alpha value is -1.89. The van der Waals surface area contributed by atoms with Crippen molar-refractivity contribution in [1.82, 2.24) is 0 Å². The number of hydrogen-bond acceptors (Lipinski definition) is 6. The predicted octanol–water partition coefficient (Wildman–Crippen LogP) is 6.16. The summed E-state index contributed by atoms with van der Waals surface area (Å²) in [6, 6.07) is 30.3. The maximum atomic E-state index is 6.55. The molecule has 1 saturated heterocycles. The standard InChI is InChI=1S/C29H35O5PS/c1-22-26(30-19-23-13-7-4-8-14-23)27(31-20-24-15-9-5-10-16-24)28(29(33-22)34-35(2,3)36)32-21-25-17-11-6-12-18-25/h4-18,22,26-29H,19-21H2,1-3H3/t22-,26-,27+,28+,29?/m0/s1. The lowest BCUT2D eigenvalue weighted by molar-refractivity contribution is -0.299. The molecule has 0 bridgehead atoms. The molecule has 1 fully saturated rings. The van der Waals surface area contributed by atoms with E-state index in [0.29, 0.717) is 19.8 Å². The summed E-state index contributed by atoms with van der Waals surface area (Å²) in [5, 5.41) is 0. The molecule has 5 nitrogen and oxygen atoms in total. The second kappa shape index (κ2) is 13.1. The molecule has 192 valence electrons. The van der Waals surface area contributed by atoms with Gasteiger partial charge in [0, 0.05) is 0 Å². The van der Waals surface area contributed by atoms with E-state index in [1.165, 1.54) is 0 Å². The van der Waals surface area contributed by atoms with Gasteiger partial charge < -0.3 is 23.5 Å². The van der Waals surface area contributed by atoms with E-state index in [0.717, 1.165) is 16.7 Å². The third kappa shape index (κ3) is 8.06. The van der Waals surface area contributed by atoms with Crippen LogP contribution >= 0.6 is 6.26 Å². The Kier molecular flexibility index (Phi) is 9.86. The molecule has 1 unspecified atom stereocenters. The summed E-state index contributed by atoms with van der Waals surface area (Å²) in [7, 11) is 0. The first kappa shape index (κ1) is 27.2. The second-order valence-electron chi connectivity index (χ2n) is 9.35. The fraction of sp³-hybridized carbons (Fsp3) is 0.379. The van der Waals surface area contributed by atoms with E-state index >= 15 is 0 Å². The first-order valence-corrected chi connectivity index (χ1v) is 15.9. The molecule has 3 aromatic carbocycles. The van der Waals surface area contributed by atoms with Crippen LogP contribution in [0.5, 0.6) is 0 Å². The molecule has 36 heavy (non-hydrogen) atoms. The average molecular weight is 527 g/mol. The van der Waals surface area contributed by atoms with Crippen molar-refractivity contribution in [1.29, 1.82) is 0 Å². The van der Waals surface area contributed by atoms with Gasteiger partial charge in [0.25, 0.3) is 0 Å². The number of hydrogen-bond donors (Lipinski definition) is 0. The first-order chi connectivity index (χ1) is 17.4. The number of rotatable bonds is 11. The van der Waals surface area contributed by atoms with Crippen LogP contribution in [-0.4, -0.2) is 44.0 Å². The van der Waals surface area contributed by atoms with Crippen molar-refractivity contribution in [2.24, 2.45) is 0 Å². The van der Waals surface area contributed by atoms with E-state index in [9.17, 15) is 0 Å². The van der Waals surface area contributed by atoms with Crippen LogP contribution in [0.25, 0.3) is 0 Å². The summed E-state index contributed by atoms with van der Waals surface area (Å²) in [4.78, 5) is 0. The third-order valence-corrected chi connectivity index (χ3v) is 6.91. The van der Waals surface area contributed by atoms with E-state index in [1.807, 2.05) is 111 Å². The van der Waals surface area contributed by atoms with Crippen LogP contribution < -0.4 is 0 Å². The minimum atomic E-state index is -2.05. The first-order valence-electron chi connectivity index (χ1n) is 12.2. The van der Waals surface area contributed by atoms with E-state index in [-0.39, 0.29) is 12.2 Å². The fourth-order valence-corrected chi connectivity index (χ4v) is 5.13. The molecule has 0 amide bonds. The van der Waals surface area contributed by atoms with Crippen LogP contribution in [0, 0.1) is 0 Å². The highest BCUT2D eigenvalue weighted by molar-refractivity contribution is 8.11. The molecule has 0 aromatic heterocycles. The third-order valence-electron chi connectivity index (χ3n) is 5.94. The van der Waals surface area contributed by atoms with Gasteiger partial charge in [-0.3, -0.25) is 0 Å². The highest BCUT2D eigenvalue weighted by atomic mass is 32.4. The van der Waals surface area contributed by atoms with Gasteiger partial charge in [-0.1, -0.05) is 103 Å². The van der Waals surface area contributed by atoms with Crippen molar-refractivity contribution >= 4 is 18.1 Å². The zero-order valence-corrected chi connectivity index (χ0v) is 22.8. The summed E-state index contributed by atoms with van der Waals surface area (Å²) in [5.74, 6) is 0. The molecule has 5 atom stereocenters. The molecule has 0 radical (unpaired) electrons. The molecule has 7 heteroatoms. The fourth-order valence-electron chi connectivity index (χ4n) is 4.20. The lowest BCUT2D eigenvalue weighted by Crippen LogP contribution is -2.59. The van der Waals surface area contributed by atoms with Crippen LogP contribution in [-0.2, 0) is 55.1 Å². The van der Waals surface area contributed by atoms with E-state index in [4.69, 9.17) is 35.3 Å². The molecule has 0 saturated carbocycles. The molecule has 4 rings (SSSR count). The SMILES string of the molecule is C[C@@H]1OC(OP(C)(C)=S)[C@H](OCc2ccccc2)[C@H](OCc2ccccc2)[C@H]1OCc1ccccc1. The van der Waals surface area contributed by atoms with Gasteiger partial charge in [-0.15, -0.1) is 0 Å². The number of benzene rings is 3. The van der Waals surface area contributed by atoms with Gasteiger partial charge >= 0.3 is 0 Å². The zero-order chi connectivity index (χ0) is 25.4. The molecule has 0 N–H and O–H groups in total. The van der Waals surface area contributed by atoms with Crippen molar-refractivity contribution < 1.29 is 23.5 Å². The Labute approximate surface area is 219 Å². The maximum absolute atomic E-state index is 6.55. The number of ether oxygens (including phenoxy) is 4. The molecule has 0 spiro atoms. The monoisotopic (exact) mass is 526 g/mol. The molecule has 0 aliphatic carbocycles. The molecular weight excluding hydrogens is 491 g/mol. The summed E-state index contributed by atoms with van der Waals surface area (Å²) in [6.45, 7) is 7.16. The largest absolute Gasteiger partial charge is 0.368 e. The van der Waals surface area contributed by atoms with Gasteiger partial charge in [0.15, 0.2) is 6.29 Å². The normalized spacial score (nSPS) is 24.5. The summed E-state index contributed by atoms with van der Waals surface area (Å²) < 4.78 is 32.1. The van der Waals surface area contributed by atoms with Crippen molar-refractivity contribution in [2.45, 2.75) is 57.5 Å². The summed E-state index contributed by atoms with van der Waals surface area (Å²) in [6.07, 6.45) is -4.28. The van der Waals surface area contributed by atoms with Crippen LogP contribution in [0.1, 0.15) is 23.6 Å². The average Bonchev–Trinajstić information content (AvgIpc) is 2.87. The van der Waals surface area contributed by atoms with Crippen molar-refractivity contribution in [3.63, 3.8) is 0 Å². The van der Waals surface area contributed by atoms with Gasteiger partial charge in [-0.05, 0) is 36.9 Å². The van der Waals surface area contributed by atoms with Crippen LogP contribution in [0.3, 0.4) is 0 Å². The lowest BCUT2D eigenvalue weighted by atomic mass is 9.98. The van der Waals surface area contributed by atoms with E-state index in [2.05, 4.69) is 0 Å². The molecule has 1 aliphatic heterocycles. The van der Waals surface area contributed by atoms with Gasteiger partial charge in [0.05, 0.1) is 32.2 Å². The van der Waals surface area contributed by atoms with Gasteiger partial charge in [-0.25, -0.2) is 0 Å². The van der Waals surface area contributed by atoms with Crippen LogP contribution in [0.15, 0.2) is 91.0 Å². The highest BCUT2D eigenvalue weighted by Crippen LogP contribution is 2.43. The zero-order valence-electron chi connectivity index (χ0n) is 21.1. The Balaban J connectivity index is 1.59. The Morgan fingerprint density at radius 3 is 1.44 bits per heavy atom. The smallest absolute Gasteiger partial charge is 0.191 e. The van der Waals surface area contributed by atoms with Gasteiger partial charge in [-0.2, -0.15) is 0 Å². The highest BCUT2D eigenvalue weighted by Gasteiger charge is 2.48. The topological polar surface area (TPSA) is 46.2 Å². The van der Waals surface area contributed by atoms with Gasteiger partial charge in [0.1, 0.15) is 18.3 Å². The molecule has 1 heterocycles. The quantitative estimate of drug-likeness (QED) is 0.279.